The maximum Gasteiger partial charge on any atom is 0.0152 e. The van der Waals surface area contributed by atoms with Crippen molar-refractivity contribution in [3.63, 3.8) is 0 Å². The highest BCUT2D eigenvalue weighted by Crippen LogP contribution is 2.40. The third-order valence-electron chi connectivity index (χ3n) is 5.68. The maximum atomic E-state index is 2.35. The molecule has 0 nitrogen and oxygen atoms in total. The molecule has 3 rings (SSSR count). The van der Waals surface area contributed by atoms with Gasteiger partial charge in [-0.05, 0) is 40.7 Å². The van der Waals surface area contributed by atoms with Gasteiger partial charge in [0.2, 0.25) is 0 Å². The largest absolute Gasteiger partial charge is 0.0654 e. The topological polar surface area (TPSA) is 0 Å². The van der Waals surface area contributed by atoms with E-state index in [0.717, 1.165) is 6.42 Å². The minimum Gasteiger partial charge on any atom is -0.0654 e. The Balaban J connectivity index is 2.08. The van der Waals surface area contributed by atoms with Crippen molar-refractivity contribution in [2.45, 2.75) is 58.3 Å². The summed E-state index contributed by atoms with van der Waals surface area (Å²) >= 11 is 0. The number of unbranched alkanes of at least 4 members (excludes halogenated alkanes) is 3. The lowest BCUT2D eigenvalue weighted by Crippen LogP contribution is -2.20. The van der Waals surface area contributed by atoms with Crippen LogP contribution in [0, 0.1) is 0 Å². The Morgan fingerprint density at radius 1 is 0.667 bits per heavy atom. The molecule has 0 unspecified atom stereocenters. The van der Waals surface area contributed by atoms with Crippen LogP contribution in [-0.4, -0.2) is 0 Å². The van der Waals surface area contributed by atoms with Gasteiger partial charge in [0.25, 0.3) is 0 Å². The molecule has 0 heteroatoms. The van der Waals surface area contributed by atoms with Crippen LogP contribution in [0.5, 0.6) is 0 Å². The van der Waals surface area contributed by atoms with Crippen LogP contribution in [0.3, 0.4) is 0 Å². The molecule has 0 aliphatic rings. The molecule has 3 aromatic carbocycles. The first kappa shape index (κ1) is 19.4. The van der Waals surface area contributed by atoms with Crippen molar-refractivity contribution in [1.29, 1.82) is 0 Å². The second-order valence-electron chi connectivity index (χ2n) is 8.01. The molecule has 0 heterocycles. The molecule has 0 amide bonds. The zero-order valence-corrected chi connectivity index (χ0v) is 17.0. The highest BCUT2D eigenvalue weighted by molar-refractivity contribution is 5.73. The number of benzene rings is 3. The van der Waals surface area contributed by atoms with E-state index in [4.69, 9.17) is 0 Å². The van der Waals surface area contributed by atoms with E-state index in [0.29, 0.717) is 0 Å². The molecule has 140 valence electrons. The average molecular weight is 357 g/mol. The summed E-state index contributed by atoms with van der Waals surface area (Å²) in [5.41, 5.74) is 7.01. The van der Waals surface area contributed by atoms with E-state index < -0.39 is 0 Å². The first-order valence-electron chi connectivity index (χ1n) is 10.4. The minimum atomic E-state index is -0.0358. The van der Waals surface area contributed by atoms with Crippen LogP contribution in [0.15, 0.2) is 78.9 Å². The summed E-state index contributed by atoms with van der Waals surface area (Å²) in [6.07, 6.45) is 6.35. The van der Waals surface area contributed by atoms with E-state index in [-0.39, 0.29) is 5.41 Å². The Hall–Kier alpha value is -2.34. The fraction of sp³-hybridized carbons (Fsp3) is 0.333. The van der Waals surface area contributed by atoms with Crippen molar-refractivity contribution < 1.29 is 0 Å². The fourth-order valence-corrected chi connectivity index (χ4v) is 4.03. The molecular formula is C27H32. The predicted molar refractivity (Wildman–Crippen MR) is 118 cm³/mol. The fourth-order valence-electron chi connectivity index (χ4n) is 4.03. The van der Waals surface area contributed by atoms with Crippen LogP contribution in [0.25, 0.3) is 11.1 Å². The molecule has 0 aliphatic carbocycles. The van der Waals surface area contributed by atoms with Gasteiger partial charge in [-0.25, -0.2) is 0 Å². The van der Waals surface area contributed by atoms with Crippen molar-refractivity contribution in [2.75, 3.05) is 0 Å². The second kappa shape index (κ2) is 9.04. The highest BCUT2D eigenvalue weighted by atomic mass is 14.3. The van der Waals surface area contributed by atoms with Gasteiger partial charge in [-0.3, -0.25) is 0 Å². The predicted octanol–water partition coefficient (Wildman–Crippen LogP) is 7.80. The smallest absolute Gasteiger partial charge is 0.0152 e. The van der Waals surface area contributed by atoms with Crippen molar-refractivity contribution >= 4 is 0 Å². The van der Waals surface area contributed by atoms with Crippen LogP contribution in [0.1, 0.15) is 63.1 Å². The van der Waals surface area contributed by atoms with Crippen LogP contribution >= 0.6 is 0 Å². The van der Waals surface area contributed by atoms with E-state index in [9.17, 15) is 0 Å². The molecule has 0 fully saturated rings. The normalized spacial score (nSPS) is 11.5. The summed E-state index contributed by atoms with van der Waals surface area (Å²) in [6, 6.07) is 28.7. The second-order valence-corrected chi connectivity index (χ2v) is 8.01. The lowest BCUT2D eigenvalue weighted by Gasteiger charge is -2.30. The van der Waals surface area contributed by atoms with Gasteiger partial charge < -0.3 is 0 Å². The van der Waals surface area contributed by atoms with Gasteiger partial charge in [0.15, 0.2) is 0 Å². The van der Waals surface area contributed by atoms with Crippen molar-refractivity contribution in [2.24, 2.45) is 0 Å². The number of hydrogen-bond acceptors (Lipinski definition) is 0. The zero-order valence-electron chi connectivity index (χ0n) is 17.0. The SMILES string of the molecule is CCCCCCc1cccc(C(C)(C)c2ccccc2)c1-c1ccccc1. The quantitative estimate of drug-likeness (QED) is 0.361. The van der Waals surface area contributed by atoms with Crippen LogP contribution < -0.4 is 0 Å². The molecule has 0 aliphatic heterocycles. The first-order chi connectivity index (χ1) is 13.1. The Bertz CT molecular complexity index is 828. The van der Waals surface area contributed by atoms with Gasteiger partial charge >= 0.3 is 0 Å². The summed E-state index contributed by atoms with van der Waals surface area (Å²) in [7, 11) is 0. The molecule has 0 N–H and O–H groups in total. The maximum absolute atomic E-state index is 2.35. The Kier molecular flexibility index (Phi) is 6.50. The van der Waals surface area contributed by atoms with Crippen LogP contribution in [-0.2, 0) is 11.8 Å². The summed E-state index contributed by atoms with van der Waals surface area (Å²) in [6.45, 7) is 6.98. The van der Waals surface area contributed by atoms with E-state index in [1.807, 2.05) is 0 Å². The number of rotatable bonds is 8. The third-order valence-corrected chi connectivity index (χ3v) is 5.68. The first-order valence-corrected chi connectivity index (χ1v) is 10.4. The van der Waals surface area contributed by atoms with Gasteiger partial charge in [0, 0.05) is 5.41 Å². The Labute approximate surface area is 165 Å². The molecule has 0 atom stereocenters. The molecule has 0 aromatic heterocycles. The number of hydrogen-bond donors (Lipinski definition) is 0. The standard InChI is InChI=1S/C27H32/c1-4-5-6-9-15-23-18-14-21-25(26(23)22-16-10-7-11-17-22)27(2,3)24-19-12-8-13-20-24/h7-8,10-14,16-21H,4-6,9,15H2,1-3H3. The summed E-state index contributed by atoms with van der Waals surface area (Å²) in [5, 5.41) is 0. The third kappa shape index (κ3) is 4.50. The average Bonchev–Trinajstić information content (AvgIpc) is 2.72. The lowest BCUT2D eigenvalue weighted by molar-refractivity contribution is 0.638. The minimum absolute atomic E-state index is 0.0358. The van der Waals surface area contributed by atoms with Gasteiger partial charge in [0.05, 0.1) is 0 Å². The van der Waals surface area contributed by atoms with Gasteiger partial charge in [0.1, 0.15) is 0 Å². The molecule has 3 aromatic rings. The monoisotopic (exact) mass is 356 g/mol. The molecule has 0 spiro atoms. The van der Waals surface area contributed by atoms with E-state index >= 15 is 0 Å². The summed E-state index contributed by atoms with van der Waals surface area (Å²) < 4.78 is 0. The molecule has 0 saturated carbocycles. The van der Waals surface area contributed by atoms with Gasteiger partial charge in [-0.15, -0.1) is 0 Å². The van der Waals surface area contributed by atoms with Crippen molar-refractivity contribution in [1.82, 2.24) is 0 Å². The molecule has 27 heavy (non-hydrogen) atoms. The molecular weight excluding hydrogens is 324 g/mol. The molecule has 0 saturated heterocycles. The van der Waals surface area contributed by atoms with E-state index in [1.54, 1.807) is 0 Å². The molecule has 0 bridgehead atoms. The van der Waals surface area contributed by atoms with Crippen molar-refractivity contribution in [3.05, 3.63) is 95.6 Å². The van der Waals surface area contributed by atoms with Gasteiger partial charge in [-0.1, -0.05) is 119 Å². The van der Waals surface area contributed by atoms with Gasteiger partial charge in [-0.2, -0.15) is 0 Å². The molecule has 0 radical (unpaired) electrons. The Morgan fingerprint density at radius 2 is 1.33 bits per heavy atom. The van der Waals surface area contributed by atoms with E-state index in [1.165, 1.54) is 53.5 Å². The number of aryl methyl sites for hydroxylation is 1. The zero-order chi connectivity index (χ0) is 19.1. The lowest BCUT2D eigenvalue weighted by atomic mass is 9.73. The summed E-state index contributed by atoms with van der Waals surface area (Å²) in [5.74, 6) is 0. The van der Waals surface area contributed by atoms with Crippen LogP contribution in [0.4, 0.5) is 0 Å². The van der Waals surface area contributed by atoms with Crippen LogP contribution in [0.2, 0.25) is 0 Å². The highest BCUT2D eigenvalue weighted by Gasteiger charge is 2.27. The Morgan fingerprint density at radius 3 is 2.00 bits per heavy atom. The van der Waals surface area contributed by atoms with Crippen molar-refractivity contribution in [3.8, 4) is 11.1 Å². The van der Waals surface area contributed by atoms with E-state index in [2.05, 4.69) is 99.6 Å². The summed E-state index contributed by atoms with van der Waals surface area (Å²) in [4.78, 5) is 0.